The Morgan fingerprint density at radius 2 is 2.37 bits per heavy atom. The Hall–Kier alpha value is -0.880. The van der Waals surface area contributed by atoms with E-state index in [2.05, 4.69) is 36.5 Å². The molecule has 2 fully saturated rings. The number of aromatic nitrogens is 2. The van der Waals surface area contributed by atoms with E-state index in [-0.39, 0.29) is 0 Å². The third-order valence-corrected chi connectivity index (χ3v) is 4.72. The Labute approximate surface area is 121 Å². The number of hydrogen-bond acceptors (Lipinski definition) is 5. The van der Waals surface area contributed by atoms with Crippen molar-refractivity contribution < 1.29 is 4.74 Å². The molecule has 104 valence electrons. The summed E-state index contributed by atoms with van der Waals surface area (Å²) in [7, 11) is 1.62. The fourth-order valence-electron chi connectivity index (χ4n) is 3.01. The lowest BCUT2D eigenvalue weighted by molar-refractivity contribution is 0.135. The quantitative estimate of drug-likeness (QED) is 0.892. The van der Waals surface area contributed by atoms with Crippen molar-refractivity contribution in [2.24, 2.45) is 0 Å². The first-order valence-electron chi connectivity index (χ1n) is 6.79. The molecule has 1 aromatic heterocycles. The summed E-state index contributed by atoms with van der Waals surface area (Å²) in [6.07, 6.45) is 7.96. The van der Waals surface area contributed by atoms with Gasteiger partial charge in [-0.3, -0.25) is 0 Å². The maximum Gasteiger partial charge on any atom is 0.232 e. The van der Waals surface area contributed by atoms with Crippen molar-refractivity contribution in [1.82, 2.24) is 15.3 Å². The Morgan fingerprint density at radius 3 is 3.05 bits per heavy atom. The summed E-state index contributed by atoms with van der Waals surface area (Å²) < 4.78 is 5.98. The molecular formula is C13H19BrN4O. The number of ether oxygens (including phenoxy) is 1. The Morgan fingerprint density at radius 1 is 1.53 bits per heavy atom. The van der Waals surface area contributed by atoms with E-state index >= 15 is 0 Å². The van der Waals surface area contributed by atoms with Crippen LogP contribution in [0.15, 0.2) is 10.7 Å². The van der Waals surface area contributed by atoms with Gasteiger partial charge in [-0.15, -0.1) is 0 Å². The SMILES string of the molecule is COc1nc(NC2CCNC3(CCC3)C2)ncc1Br. The second-order valence-electron chi connectivity index (χ2n) is 5.45. The van der Waals surface area contributed by atoms with Gasteiger partial charge in [0, 0.05) is 11.6 Å². The van der Waals surface area contributed by atoms with Crippen LogP contribution in [0.5, 0.6) is 5.88 Å². The highest BCUT2D eigenvalue weighted by Gasteiger charge is 2.40. The zero-order valence-corrected chi connectivity index (χ0v) is 12.7. The summed E-state index contributed by atoms with van der Waals surface area (Å²) in [6.45, 7) is 1.07. The fourth-order valence-corrected chi connectivity index (χ4v) is 3.36. The van der Waals surface area contributed by atoms with Crippen molar-refractivity contribution in [3.63, 3.8) is 0 Å². The molecule has 1 spiro atoms. The summed E-state index contributed by atoms with van der Waals surface area (Å²) in [5.74, 6) is 1.23. The van der Waals surface area contributed by atoms with E-state index in [1.54, 1.807) is 13.3 Å². The van der Waals surface area contributed by atoms with Crippen molar-refractivity contribution in [2.45, 2.75) is 43.7 Å². The maximum absolute atomic E-state index is 5.20. The minimum atomic E-state index is 0.384. The Kier molecular flexibility index (Phi) is 3.62. The molecule has 2 aliphatic rings. The van der Waals surface area contributed by atoms with Crippen LogP contribution in [0.2, 0.25) is 0 Å². The average Bonchev–Trinajstić information content (AvgIpc) is 2.39. The molecule has 0 amide bonds. The van der Waals surface area contributed by atoms with Gasteiger partial charge >= 0.3 is 0 Å². The number of hydrogen-bond donors (Lipinski definition) is 2. The van der Waals surface area contributed by atoms with Crippen LogP contribution in [0.1, 0.15) is 32.1 Å². The number of halogens is 1. The third-order valence-electron chi connectivity index (χ3n) is 4.18. The zero-order chi connectivity index (χ0) is 13.3. The standard InChI is InChI=1S/C13H19BrN4O/c1-19-11-10(14)8-15-12(18-11)17-9-3-6-16-13(7-9)4-2-5-13/h8-9,16H,2-7H2,1H3,(H,15,17,18). The minimum Gasteiger partial charge on any atom is -0.480 e. The second kappa shape index (κ2) is 5.25. The summed E-state index contributed by atoms with van der Waals surface area (Å²) in [6, 6.07) is 0.451. The van der Waals surface area contributed by atoms with E-state index in [9.17, 15) is 0 Å². The molecule has 1 unspecified atom stereocenters. The number of nitrogens with zero attached hydrogens (tertiary/aromatic N) is 2. The van der Waals surface area contributed by atoms with Gasteiger partial charge in [-0.05, 0) is 54.6 Å². The smallest absolute Gasteiger partial charge is 0.232 e. The normalized spacial score (nSPS) is 24.8. The van der Waals surface area contributed by atoms with Crippen molar-refractivity contribution in [3.8, 4) is 5.88 Å². The van der Waals surface area contributed by atoms with Crippen LogP contribution in [0.4, 0.5) is 5.95 Å². The summed E-state index contributed by atoms with van der Waals surface area (Å²) in [4.78, 5) is 8.67. The van der Waals surface area contributed by atoms with Crippen molar-refractivity contribution in [2.75, 3.05) is 19.0 Å². The molecule has 2 heterocycles. The maximum atomic E-state index is 5.20. The number of piperidine rings is 1. The fraction of sp³-hybridized carbons (Fsp3) is 0.692. The molecule has 3 rings (SSSR count). The van der Waals surface area contributed by atoms with Crippen molar-refractivity contribution >= 4 is 21.9 Å². The van der Waals surface area contributed by atoms with Gasteiger partial charge in [-0.1, -0.05) is 0 Å². The monoisotopic (exact) mass is 326 g/mol. The van der Waals surface area contributed by atoms with Crippen LogP contribution in [-0.2, 0) is 0 Å². The van der Waals surface area contributed by atoms with Gasteiger partial charge in [0.05, 0.1) is 17.8 Å². The lowest BCUT2D eigenvalue weighted by Gasteiger charge is -2.48. The van der Waals surface area contributed by atoms with E-state index in [1.165, 1.54) is 19.3 Å². The lowest BCUT2D eigenvalue weighted by Crippen LogP contribution is -2.58. The zero-order valence-electron chi connectivity index (χ0n) is 11.1. The summed E-state index contributed by atoms with van der Waals surface area (Å²) in [5.41, 5.74) is 0.384. The van der Waals surface area contributed by atoms with Gasteiger partial charge in [0.25, 0.3) is 0 Å². The van der Waals surface area contributed by atoms with E-state index in [0.29, 0.717) is 23.4 Å². The van der Waals surface area contributed by atoms with Gasteiger partial charge in [-0.25, -0.2) is 4.98 Å². The lowest BCUT2D eigenvalue weighted by atomic mass is 9.70. The predicted molar refractivity (Wildman–Crippen MR) is 77.5 cm³/mol. The molecule has 5 nitrogen and oxygen atoms in total. The molecule has 0 aromatic carbocycles. The number of anilines is 1. The van der Waals surface area contributed by atoms with Crippen molar-refractivity contribution in [1.29, 1.82) is 0 Å². The van der Waals surface area contributed by atoms with Crippen LogP contribution in [0.25, 0.3) is 0 Å². The highest BCUT2D eigenvalue weighted by Crippen LogP contribution is 2.38. The van der Waals surface area contributed by atoms with E-state index in [1.807, 2.05) is 0 Å². The summed E-state index contributed by atoms with van der Waals surface area (Å²) in [5, 5.41) is 7.11. The van der Waals surface area contributed by atoms with E-state index in [4.69, 9.17) is 4.74 Å². The molecule has 1 aromatic rings. The van der Waals surface area contributed by atoms with Crippen molar-refractivity contribution in [3.05, 3.63) is 10.7 Å². The highest BCUT2D eigenvalue weighted by atomic mass is 79.9. The predicted octanol–water partition coefficient (Wildman–Crippen LogP) is 2.33. The molecular weight excluding hydrogens is 308 g/mol. The Balaban J connectivity index is 1.67. The third kappa shape index (κ3) is 2.69. The number of nitrogens with one attached hydrogen (secondary N) is 2. The van der Waals surface area contributed by atoms with Gasteiger partial charge < -0.3 is 15.4 Å². The van der Waals surface area contributed by atoms with Gasteiger partial charge in [0.1, 0.15) is 0 Å². The summed E-state index contributed by atoms with van der Waals surface area (Å²) >= 11 is 3.37. The minimum absolute atomic E-state index is 0.384. The first kappa shape index (κ1) is 13.1. The van der Waals surface area contributed by atoms with Crippen LogP contribution < -0.4 is 15.4 Å². The van der Waals surface area contributed by atoms with E-state index < -0.39 is 0 Å². The molecule has 0 bridgehead atoms. The van der Waals surface area contributed by atoms with E-state index in [0.717, 1.165) is 23.9 Å². The molecule has 1 saturated carbocycles. The number of methoxy groups -OCH3 is 1. The molecule has 1 saturated heterocycles. The van der Waals surface area contributed by atoms with Crippen LogP contribution in [-0.4, -0.2) is 35.2 Å². The largest absolute Gasteiger partial charge is 0.480 e. The first-order chi connectivity index (χ1) is 9.21. The second-order valence-corrected chi connectivity index (χ2v) is 6.30. The molecule has 6 heteroatoms. The Bertz CT molecular complexity index is 464. The van der Waals surface area contributed by atoms with Crippen LogP contribution in [0.3, 0.4) is 0 Å². The first-order valence-corrected chi connectivity index (χ1v) is 7.58. The number of rotatable bonds is 3. The molecule has 1 aliphatic heterocycles. The van der Waals surface area contributed by atoms with Gasteiger partial charge in [-0.2, -0.15) is 4.98 Å². The molecule has 0 radical (unpaired) electrons. The topological polar surface area (TPSA) is 59.1 Å². The highest BCUT2D eigenvalue weighted by molar-refractivity contribution is 9.10. The van der Waals surface area contributed by atoms with Gasteiger partial charge in [0.15, 0.2) is 0 Å². The molecule has 1 aliphatic carbocycles. The molecule has 19 heavy (non-hydrogen) atoms. The van der Waals surface area contributed by atoms with Crippen LogP contribution >= 0.6 is 15.9 Å². The molecule has 2 N–H and O–H groups in total. The van der Waals surface area contributed by atoms with Crippen LogP contribution in [0, 0.1) is 0 Å². The average molecular weight is 327 g/mol. The molecule has 1 atom stereocenters. The van der Waals surface area contributed by atoms with Gasteiger partial charge in [0.2, 0.25) is 11.8 Å².